The van der Waals surface area contributed by atoms with Crippen LogP contribution in [-0.2, 0) is 30.4 Å². The second-order valence-corrected chi connectivity index (χ2v) is 8.83. The molecule has 0 aliphatic carbocycles. The van der Waals surface area contributed by atoms with Crippen molar-refractivity contribution in [3.8, 4) is 0 Å². The van der Waals surface area contributed by atoms with Crippen LogP contribution in [0.5, 0.6) is 0 Å². The molecular formula is C28H46O5. The Morgan fingerprint density at radius 3 is 1.85 bits per heavy atom. The summed E-state index contributed by atoms with van der Waals surface area (Å²) in [6.07, 6.45) is 13.7. The summed E-state index contributed by atoms with van der Waals surface area (Å²) in [4.78, 5) is 24.4. The molecular weight excluding hydrogens is 416 g/mol. The van der Waals surface area contributed by atoms with Gasteiger partial charge in [-0.15, -0.1) is 0 Å². The van der Waals surface area contributed by atoms with E-state index in [0.717, 1.165) is 44.1 Å². The summed E-state index contributed by atoms with van der Waals surface area (Å²) in [7, 11) is 0. The number of hydrogen-bond donors (Lipinski definition) is 0. The largest absolute Gasteiger partial charge is 0.462 e. The van der Waals surface area contributed by atoms with Crippen LogP contribution in [0.1, 0.15) is 109 Å². The average Bonchev–Trinajstić information content (AvgIpc) is 2.82. The van der Waals surface area contributed by atoms with Crippen molar-refractivity contribution in [2.45, 2.75) is 116 Å². The van der Waals surface area contributed by atoms with E-state index in [2.05, 4.69) is 13.8 Å². The van der Waals surface area contributed by atoms with E-state index in [0.29, 0.717) is 19.4 Å². The van der Waals surface area contributed by atoms with E-state index < -0.39 is 6.10 Å². The van der Waals surface area contributed by atoms with Crippen molar-refractivity contribution in [2.24, 2.45) is 0 Å². The van der Waals surface area contributed by atoms with E-state index in [1.54, 1.807) is 0 Å². The van der Waals surface area contributed by atoms with Crippen LogP contribution in [0, 0.1) is 0 Å². The van der Waals surface area contributed by atoms with Crippen molar-refractivity contribution in [1.29, 1.82) is 0 Å². The van der Waals surface area contributed by atoms with Gasteiger partial charge in [0, 0.05) is 12.8 Å². The highest BCUT2D eigenvalue weighted by atomic mass is 16.6. The van der Waals surface area contributed by atoms with Crippen molar-refractivity contribution >= 4 is 11.9 Å². The maximum atomic E-state index is 12.3. The van der Waals surface area contributed by atoms with Gasteiger partial charge in [0.2, 0.25) is 0 Å². The third kappa shape index (κ3) is 17.3. The fraction of sp³-hybridized carbons (Fsp3) is 0.714. The first kappa shape index (κ1) is 29.2. The highest BCUT2D eigenvalue weighted by Gasteiger charge is 2.17. The zero-order valence-electron chi connectivity index (χ0n) is 21.0. The van der Waals surface area contributed by atoms with Crippen molar-refractivity contribution < 1.29 is 23.8 Å². The zero-order valence-corrected chi connectivity index (χ0v) is 21.0. The molecule has 0 fully saturated rings. The highest BCUT2D eigenvalue weighted by Crippen LogP contribution is 2.11. The van der Waals surface area contributed by atoms with E-state index in [1.807, 2.05) is 30.3 Å². The number of unbranched alkanes of at least 4 members (excludes halogenated alkanes) is 10. The predicted molar refractivity (Wildman–Crippen MR) is 133 cm³/mol. The molecule has 0 aliphatic rings. The molecule has 33 heavy (non-hydrogen) atoms. The van der Waals surface area contributed by atoms with E-state index in [9.17, 15) is 9.59 Å². The molecule has 0 aliphatic heterocycles. The first-order chi connectivity index (χ1) is 16.2. The van der Waals surface area contributed by atoms with Gasteiger partial charge in [0.1, 0.15) is 6.61 Å². The second kappa shape index (κ2) is 20.7. The van der Waals surface area contributed by atoms with Crippen LogP contribution in [0.25, 0.3) is 0 Å². The Morgan fingerprint density at radius 1 is 0.697 bits per heavy atom. The van der Waals surface area contributed by atoms with Gasteiger partial charge in [0.25, 0.3) is 0 Å². The third-order valence-electron chi connectivity index (χ3n) is 5.61. The van der Waals surface area contributed by atoms with Crippen molar-refractivity contribution in [1.82, 2.24) is 0 Å². The van der Waals surface area contributed by atoms with Gasteiger partial charge in [-0.25, -0.2) is 0 Å². The molecule has 1 aromatic carbocycles. The molecule has 1 rings (SSSR count). The van der Waals surface area contributed by atoms with Gasteiger partial charge in [-0.2, -0.15) is 0 Å². The van der Waals surface area contributed by atoms with E-state index >= 15 is 0 Å². The van der Waals surface area contributed by atoms with Gasteiger partial charge >= 0.3 is 11.9 Å². The molecule has 0 radical (unpaired) electrons. The van der Waals surface area contributed by atoms with Crippen LogP contribution >= 0.6 is 0 Å². The summed E-state index contributed by atoms with van der Waals surface area (Å²) >= 11 is 0. The Bertz CT molecular complexity index is 602. The van der Waals surface area contributed by atoms with Crippen molar-refractivity contribution in [3.63, 3.8) is 0 Å². The third-order valence-corrected chi connectivity index (χ3v) is 5.61. The number of ether oxygens (including phenoxy) is 3. The van der Waals surface area contributed by atoms with Crippen LogP contribution in [0.15, 0.2) is 30.3 Å². The lowest BCUT2D eigenvalue weighted by atomic mass is 10.1. The van der Waals surface area contributed by atoms with E-state index in [1.165, 1.54) is 38.5 Å². The van der Waals surface area contributed by atoms with Crippen LogP contribution in [0.4, 0.5) is 0 Å². The summed E-state index contributed by atoms with van der Waals surface area (Å²) in [5.74, 6) is -0.477. The Labute approximate surface area is 201 Å². The molecule has 1 atom stereocenters. The molecule has 5 heteroatoms. The van der Waals surface area contributed by atoms with Crippen LogP contribution in [0.3, 0.4) is 0 Å². The van der Waals surface area contributed by atoms with Gasteiger partial charge in [0.15, 0.2) is 6.10 Å². The van der Waals surface area contributed by atoms with Crippen LogP contribution < -0.4 is 0 Å². The summed E-state index contributed by atoms with van der Waals surface area (Å²) in [6, 6.07) is 9.85. The quantitative estimate of drug-likeness (QED) is 0.143. The molecule has 0 saturated carbocycles. The molecule has 0 amide bonds. The van der Waals surface area contributed by atoms with Gasteiger partial charge in [-0.3, -0.25) is 9.59 Å². The van der Waals surface area contributed by atoms with Gasteiger partial charge < -0.3 is 14.2 Å². The zero-order chi connectivity index (χ0) is 24.0. The number of esters is 2. The normalized spacial score (nSPS) is 11.8. The lowest BCUT2D eigenvalue weighted by Gasteiger charge is -2.18. The summed E-state index contributed by atoms with van der Waals surface area (Å²) in [5.41, 5.74) is 1.05. The van der Waals surface area contributed by atoms with E-state index in [4.69, 9.17) is 14.2 Å². The first-order valence-corrected chi connectivity index (χ1v) is 13.1. The number of hydrogen-bond acceptors (Lipinski definition) is 5. The van der Waals surface area contributed by atoms with Crippen molar-refractivity contribution in [3.05, 3.63) is 35.9 Å². The maximum absolute atomic E-state index is 12.3. The molecule has 1 unspecified atom stereocenters. The Kier molecular flexibility index (Phi) is 18.3. The molecule has 0 saturated heterocycles. The number of rotatable bonds is 21. The predicted octanol–water partition coefficient (Wildman–Crippen LogP) is 7.16. The maximum Gasteiger partial charge on any atom is 0.306 e. The average molecular weight is 463 g/mol. The molecule has 0 bridgehead atoms. The Hall–Kier alpha value is -1.88. The van der Waals surface area contributed by atoms with Gasteiger partial charge in [-0.05, 0) is 18.4 Å². The fourth-order valence-corrected chi connectivity index (χ4v) is 3.60. The second-order valence-electron chi connectivity index (χ2n) is 8.83. The Morgan fingerprint density at radius 2 is 1.24 bits per heavy atom. The van der Waals surface area contributed by atoms with Crippen LogP contribution in [-0.4, -0.2) is 31.3 Å². The summed E-state index contributed by atoms with van der Waals surface area (Å²) in [5, 5.41) is 0. The number of carbonyl (C=O) groups excluding carboxylic acids is 2. The minimum absolute atomic E-state index is 0.0470. The van der Waals surface area contributed by atoms with E-state index in [-0.39, 0.29) is 25.2 Å². The summed E-state index contributed by atoms with van der Waals surface area (Å²) in [6.45, 7) is 5.06. The lowest BCUT2D eigenvalue weighted by molar-refractivity contribution is -0.163. The fourth-order valence-electron chi connectivity index (χ4n) is 3.60. The monoisotopic (exact) mass is 462 g/mol. The molecule has 0 aromatic heterocycles. The molecule has 188 valence electrons. The van der Waals surface area contributed by atoms with Gasteiger partial charge in [-0.1, -0.05) is 108 Å². The lowest BCUT2D eigenvalue weighted by Crippen LogP contribution is -2.29. The molecule has 1 aromatic rings. The topological polar surface area (TPSA) is 61.8 Å². The molecule has 5 nitrogen and oxygen atoms in total. The number of benzene rings is 1. The molecule has 0 spiro atoms. The molecule has 0 N–H and O–H groups in total. The van der Waals surface area contributed by atoms with Gasteiger partial charge in [0.05, 0.1) is 13.2 Å². The molecule has 0 heterocycles. The minimum atomic E-state index is -0.574. The SMILES string of the molecule is CCCCCCCCCC(=O)OC(COCc1ccccc1)COC(=O)CCCCCCC. The first-order valence-electron chi connectivity index (χ1n) is 13.1. The number of carbonyl (C=O) groups is 2. The smallest absolute Gasteiger partial charge is 0.306 e. The van der Waals surface area contributed by atoms with Crippen LogP contribution in [0.2, 0.25) is 0 Å². The summed E-state index contributed by atoms with van der Waals surface area (Å²) < 4.78 is 16.8. The Balaban J connectivity index is 2.35. The van der Waals surface area contributed by atoms with Crippen molar-refractivity contribution in [2.75, 3.05) is 13.2 Å². The standard InChI is InChI=1S/C28H46O5/c1-3-5-7-9-10-12-17-21-28(30)33-26(23-31-22-25-18-14-13-15-19-25)24-32-27(29)20-16-11-8-6-4-2/h13-15,18-19,26H,3-12,16-17,20-24H2,1-2H3. The highest BCUT2D eigenvalue weighted by molar-refractivity contribution is 5.70. The minimum Gasteiger partial charge on any atom is -0.462 e.